The van der Waals surface area contributed by atoms with Crippen molar-refractivity contribution in [2.75, 3.05) is 32.7 Å². The van der Waals surface area contributed by atoms with Crippen molar-refractivity contribution in [2.24, 2.45) is 0 Å². The minimum absolute atomic E-state index is 0.0423. The maximum Gasteiger partial charge on any atom is 0.274 e. The fraction of sp³-hybridized carbons (Fsp3) is 0.435. The molecule has 0 saturated carbocycles. The second-order valence-electron chi connectivity index (χ2n) is 9.07. The number of aromatic nitrogens is 5. The van der Waals surface area contributed by atoms with Crippen molar-refractivity contribution in [2.45, 2.75) is 32.7 Å². The van der Waals surface area contributed by atoms with E-state index in [2.05, 4.69) is 46.0 Å². The van der Waals surface area contributed by atoms with Crippen molar-refractivity contribution in [3.8, 4) is 11.3 Å². The number of hydrogen-bond acceptors (Lipinski definition) is 6. The Kier molecular flexibility index (Phi) is 6.18. The van der Waals surface area contributed by atoms with Gasteiger partial charge in [0.25, 0.3) is 11.5 Å². The van der Waals surface area contributed by atoms with Gasteiger partial charge in [-0.15, -0.1) is 0 Å². The lowest BCUT2D eigenvalue weighted by atomic mass is 9.92. The second kappa shape index (κ2) is 9.04. The van der Waals surface area contributed by atoms with Crippen LogP contribution in [0.1, 0.15) is 37.0 Å². The van der Waals surface area contributed by atoms with E-state index in [4.69, 9.17) is 0 Å². The third-order valence-corrected chi connectivity index (χ3v) is 5.74. The maximum absolute atomic E-state index is 12.8. The van der Waals surface area contributed by atoms with Gasteiger partial charge in [-0.3, -0.25) is 24.6 Å². The van der Waals surface area contributed by atoms with Gasteiger partial charge in [0.05, 0.1) is 12.2 Å². The molecular formula is C23H29N7O2. The molecule has 1 fully saturated rings. The first kappa shape index (κ1) is 21.9. The van der Waals surface area contributed by atoms with Crippen LogP contribution in [0.5, 0.6) is 0 Å². The minimum Gasteiger partial charge on any atom is -0.335 e. The van der Waals surface area contributed by atoms with Crippen LogP contribution in [0.2, 0.25) is 0 Å². The van der Waals surface area contributed by atoms with Gasteiger partial charge >= 0.3 is 0 Å². The zero-order valence-electron chi connectivity index (χ0n) is 18.8. The number of amides is 1. The molecule has 0 unspecified atom stereocenters. The van der Waals surface area contributed by atoms with Gasteiger partial charge in [0, 0.05) is 67.9 Å². The summed E-state index contributed by atoms with van der Waals surface area (Å²) >= 11 is 0. The standard InChI is InChI=1S/C23H29N7O2/c1-23(2,3)20-16-19(25-26-20)22(32)29-13-10-28(11-14-29)12-15-30-21(31)5-4-18(27-30)17-6-8-24-9-7-17/h4-9,16H,10-15H2,1-3H3,(H,25,26). The van der Waals surface area contributed by atoms with E-state index in [1.165, 1.54) is 4.68 Å². The molecular weight excluding hydrogens is 406 g/mol. The van der Waals surface area contributed by atoms with Gasteiger partial charge in [0.2, 0.25) is 0 Å². The number of carbonyl (C=O) groups is 1. The topological polar surface area (TPSA) is 100 Å². The lowest BCUT2D eigenvalue weighted by molar-refractivity contribution is 0.0625. The summed E-state index contributed by atoms with van der Waals surface area (Å²) in [5, 5.41) is 11.7. The number of pyridine rings is 1. The molecule has 168 valence electrons. The highest BCUT2D eigenvalue weighted by atomic mass is 16.2. The van der Waals surface area contributed by atoms with Crippen LogP contribution in [0.25, 0.3) is 11.3 Å². The Morgan fingerprint density at radius 1 is 1.03 bits per heavy atom. The fourth-order valence-electron chi connectivity index (χ4n) is 3.67. The summed E-state index contributed by atoms with van der Waals surface area (Å²) in [5.41, 5.74) is 2.89. The summed E-state index contributed by atoms with van der Waals surface area (Å²) in [5.74, 6) is -0.0423. The van der Waals surface area contributed by atoms with Gasteiger partial charge in [0.1, 0.15) is 5.69 Å². The van der Waals surface area contributed by atoms with Crippen LogP contribution in [-0.2, 0) is 12.0 Å². The SMILES string of the molecule is CC(C)(C)c1cc(C(=O)N2CCN(CCn3nc(-c4ccncc4)ccc3=O)CC2)n[nH]1. The largest absolute Gasteiger partial charge is 0.335 e. The fourth-order valence-corrected chi connectivity index (χ4v) is 3.67. The molecule has 1 amide bonds. The van der Waals surface area contributed by atoms with E-state index < -0.39 is 0 Å². The molecule has 0 atom stereocenters. The summed E-state index contributed by atoms with van der Waals surface area (Å²) in [6.07, 6.45) is 3.42. The Hall–Kier alpha value is -3.33. The molecule has 1 aliphatic rings. The maximum atomic E-state index is 12.8. The lowest BCUT2D eigenvalue weighted by Gasteiger charge is -2.34. The molecule has 3 aromatic heterocycles. The number of H-pyrrole nitrogens is 1. The third-order valence-electron chi connectivity index (χ3n) is 5.74. The number of aromatic amines is 1. The van der Waals surface area contributed by atoms with Crippen molar-refractivity contribution in [3.05, 3.63) is 64.5 Å². The third kappa shape index (κ3) is 4.94. The Bertz CT molecular complexity index is 1120. The molecule has 1 aliphatic heterocycles. The molecule has 9 nitrogen and oxygen atoms in total. The molecule has 4 heterocycles. The predicted octanol–water partition coefficient (Wildman–Crippen LogP) is 1.78. The predicted molar refractivity (Wildman–Crippen MR) is 121 cm³/mol. The average molecular weight is 436 g/mol. The van der Waals surface area contributed by atoms with E-state index >= 15 is 0 Å². The summed E-state index contributed by atoms with van der Waals surface area (Å²) in [4.78, 5) is 33.2. The summed E-state index contributed by atoms with van der Waals surface area (Å²) < 4.78 is 1.50. The number of nitrogens with zero attached hydrogens (tertiary/aromatic N) is 6. The van der Waals surface area contributed by atoms with Crippen LogP contribution in [-0.4, -0.2) is 73.4 Å². The van der Waals surface area contributed by atoms with Crippen LogP contribution in [0.4, 0.5) is 0 Å². The summed E-state index contributed by atoms with van der Waals surface area (Å²) in [6, 6.07) is 8.88. The molecule has 32 heavy (non-hydrogen) atoms. The van der Waals surface area contributed by atoms with Gasteiger partial charge in [0.15, 0.2) is 0 Å². The van der Waals surface area contributed by atoms with Crippen molar-refractivity contribution in [1.29, 1.82) is 0 Å². The normalized spacial score (nSPS) is 15.2. The van der Waals surface area contributed by atoms with Crippen LogP contribution < -0.4 is 5.56 Å². The zero-order valence-corrected chi connectivity index (χ0v) is 18.8. The highest BCUT2D eigenvalue weighted by molar-refractivity contribution is 5.92. The van der Waals surface area contributed by atoms with Gasteiger partial charge < -0.3 is 4.90 Å². The molecule has 0 aliphatic carbocycles. The molecule has 0 bridgehead atoms. The van der Waals surface area contributed by atoms with Gasteiger partial charge in [-0.1, -0.05) is 20.8 Å². The Morgan fingerprint density at radius 2 is 1.75 bits per heavy atom. The molecule has 4 rings (SSSR count). The number of rotatable bonds is 5. The number of piperazine rings is 1. The Balaban J connectivity index is 1.32. The summed E-state index contributed by atoms with van der Waals surface area (Å²) in [7, 11) is 0. The molecule has 0 aromatic carbocycles. The van der Waals surface area contributed by atoms with Gasteiger partial charge in [-0.05, 0) is 24.3 Å². The van der Waals surface area contributed by atoms with Crippen LogP contribution in [0.3, 0.4) is 0 Å². The molecule has 1 N–H and O–H groups in total. The van der Waals surface area contributed by atoms with E-state index in [0.717, 1.165) is 30.0 Å². The van der Waals surface area contributed by atoms with E-state index in [9.17, 15) is 9.59 Å². The highest BCUT2D eigenvalue weighted by Gasteiger charge is 2.25. The zero-order chi connectivity index (χ0) is 22.7. The van der Waals surface area contributed by atoms with E-state index in [1.807, 2.05) is 23.1 Å². The molecule has 0 radical (unpaired) electrons. The van der Waals surface area contributed by atoms with Crippen LogP contribution in [0.15, 0.2) is 47.5 Å². The van der Waals surface area contributed by atoms with Crippen molar-refractivity contribution >= 4 is 5.91 Å². The number of nitrogens with one attached hydrogen (secondary N) is 1. The van der Waals surface area contributed by atoms with E-state index in [-0.39, 0.29) is 16.9 Å². The Morgan fingerprint density at radius 3 is 2.41 bits per heavy atom. The quantitative estimate of drug-likeness (QED) is 0.656. The summed E-state index contributed by atoms with van der Waals surface area (Å²) in [6.45, 7) is 10.2. The van der Waals surface area contributed by atoms with Gasteiger partial charge in [-0.2, -0.15) is 10.2 Å². The second-order valence-corrected chi connectivity index (χ2v) is 9.07. The monoisotopic (exact) mass is 435 g/mol. The first-order chi connectivity index (χ1) is 15.3. The molecule has 3 aromatic rings. The number of hydrogen-bond donors (Lipinski definition) is 1. The van der Waals surface area contributed by atoms with Crippen LogP contribution >= 0.6 is 0 Å². The van der Waals surface area contributed by atoms with Crippen molar-refractivity contribution < 1.29 is 4.79 Å². The first-order valence-corrected chi connectivity index (χ1v) is 10.9. The molecule has 0 spiro atoms. The van der Waals surface area contributed by atoms with E-state index in [1.54, 1.807) is 24.5 Å². The molecule has 9 heteroatoms. The van der Waals surface area contributed by atoms with Crippen LogP contribution in [0, 0.1) is 0 Å². The van der Waals surface area contributed by atoms with Gasteiger partial charge in [-0.25, -0.2) is 4.68 Å². The lowest BCUT2D eigenvalue weighted by Crippen LogP contribution is -2.49. The molecule has 1 saturated heterocycles. The van der Waals surface area contributed by atoms with E-state index in [0.29, 0.717) is 31.9 Å². The number of carbonyl (C=O) groups excluding carboxylic acids is 1. The van der Waals surface area contributed by atoms with Crippen molar-refractivity contribution in [1.82, 2.24) is 34.8 Å². The minimum atomic E-state index is -0.121. The smallest absolute Gasteiger partial charge is 0.274 e. The first-order valence-electron chi connectivity index (χ1n) is 10.9. The van der Waals surface area contributed by atoms with Crippen molar-refractivity contribution in [3.63, 3.8) is 0 Å². The Labute approximate surface area is 187 Å². The highest BCUT2D eigenvalue weighted by Crippen LogP contribution is 2.21. The average Bonchev–Trinajstić information content (AvgIpc) is 3.30.